The molecule has 3 heteroatoms. The molecule has 1 aromatic rings. The average Bonchev–Trinajstić information content (AvgIpc) is 2.35. The molecule has 0 saturated heterocycles. The SMILES string of the molecule is Cc1cc2c(nc1C)C(=O)NC2. The maximum atomic E-state index is 11.2. The molecule has 0 bridgehead atoms. The minimum atomic E-state index is -0.0481. The van der Waals surface area contributed by atoms with Crippen molar-refractivity contribution in [2.45, 2.75) is 20.4 Å². The van der Waals surface area contributed by atoms with Gasteiger partial charge in [0.05, 0.1) is 0 Å². The van der Waals surface area contributed by atoms with E-state index < -0.39 is 0 Å². The van der Waals surface area contributed by atoms with E-state index in [0.29, 0.717) is 12.2 Å². The fourth-order valence-electron chi connectivity index (χ4n) is 1.35. The highest BCUT2D eigenvalue weighted by Gasteiger charge is 2.20. The van der Waals surface area contributed by atoms with Crippen LogP contribution in [0.2, 0.25) is 0 Å². The molecule has 0 spiro atoms. The molecule has 0 fully saturated rings. The van der Waals surface area contributed by atoms with Crippen molar-refractivity contribution in [1.29, 1.82) is 0 Å². The molecule has 1 N–H and O–H groups in total. The van der Waals surface area contributed by atoms with Crippen LogP contribution in [-0.2, 0) is 6.54 Å². The van der Waals surface area contributed by atoms with Gasteiger partial charge in [0, 0.05) is 17.8 Å². The molecule has 0 aromatic carbocycles. The summed E-state index contributed by atoms with van der Waals surface area (Å²) in [6.07, 6.45) is 0. The fourth-order valence-corrected chi connectivity index (χ4v) is 1.35. The largest absolute Gasteiger partial charge is 0.347 e. The second-order valence-corrected chi connectivity index (χ2v) is 3.08. The van der Waals surface area contributed by atoms with Gasteiger partial charge < -0.3 is 5.32 Å². The van der Waals surface area contributed by atoms with Crippen LogP contribution in [0, 0.1) is 13.8 Å². The first kappa shape index (κ1) is 7.28. The highest BCUT2D eigenvalue weighted by molar-refractivity contribution is 5.96. The first-order chi connectivity index (χ1) is 5.68. The topological polar surface area (TPSA) is 42.0 Å². The number of hydrogen-bond acceptors (Lipinski definition) is 2. The quantitative estimate of drug-likeness (QED) is 0.617. The molecule has 3 nitrogen and oxygen atoms in total. The monoisotopic (exact) mass is 162 g/mol. The van der Waals surface area contributed by atoms with E-state index in [4.69, 9.17) is 0 Å². The van der Waals surface area contributed by atoms with E-state index in [9.17, 15) is 4.79 Å². The maximum absolute atomic E-state index is 11.2. The van der Waals surface area contributed by atoms with Crippen LogP contribution in [0.5, 0.6) is 0 Å². The number of nitrogens with one attached hydrogen (secondary N) is 1. The van der Waals surface area contributed by atoms with Gasteiger partial charge in [0.25, 0.3) is 5.91 Å². The molecule has 12 heavy (non-hydrogen) atoms. The Balaban J connectivity index is 2.63. The predicted octanol–water partition coefficient (Wildman–Crippen LogP) is 0.942. The standard InChI is InChI=1S/C9H10N2O/c1-5-3-7-4-10-9(12)8(7)11-6(5)2/h3H,4H2,1-2H3,(H,10,12). The van der Waals surface area contributed by atoms with Gasteiger partial charge in [0.2, 0.25) is 0 Å². The summed E-state index contributed by atoms with van der Waals surface area (Å²) in [5.74, 6) is -0.0481. The van der Waals surface area contributed by atoms with Crippen molar-refractivity contribution in [3.8, 4) is 0 Å². The van der Waals surface area contributed by atoms with Crippen LogP contribution < -0.4 is 5.32 Å². The molecular formula is C9H10N2O. The minimum absolute atomic E-state index is 0.0481. The average molecular weight is 162 g/mol. The number of carbonyl (C=O) groups is 1. The van der Waals surface area contributed by atoms with Gasteiger partial charge in [-0.2, -0.15) is 0 Å². The lowest BCUT2D eigenvalue weighted by molar-refractivity contribution is 0.0961. The Kier molecular flexibility index (Phi) is 1.40. The lowest BCUT2D eigenvalue weighted by Crippen LogP contribution is -2.13. The summed E-state index contributed by atoms with van der Waals surface area (Å²) >= 11 is 0. The van der Waals surface area contributed by atoms with Crippen molar-refractivity contribution in [2.75, 3.05) is 0 Å². The van der Waals surface area contributed by atoms with Gasteiger partial charge in [0.15, 0.2) is 0 Å². The van der Waals surface area contributed by atoms with Gasteiger partial charge in [-0.15, -0.1) is 0 Å². The molecule has 1 aliphatic heterocycles. The molecule has 0 radical (unpaired) electrons. The summed E-state index contributed by atoms with van der Waals surface area (Å²) in [5.41, 5.74) is 3.69. The molecule has 0 saturated carbocycles. The summed E-state index contributed by atoms with van der Waals surface area (Å²) in [7, 11) is 0. The fraction of sp³-hybridized carbons (Fsp3) is 0.333. The number of amides is 1. The van der Waals surface area contributed by atoms with Gasteiger partial charge in [-0.05, 0) is 19.4 Å². The normalized spacial score (nSPS) is 14.3. The first-order valence-electron chi connectivity index (χ1n) is 3.94. The summed E-state index contributed by atoms with van der Waals surface area (Å²) in [6.45, 7) is 4.55. The zero-order valence-electron chi connectivity index (χ0n) is 7.14. The predicted molar refractivity (Wildman–Crippen MR) is 44.9 cm³/mol. The first-order valence-corrected chi connectivity index (χ1v) is 3.94. The van der Waals surface area contributed by atoms with E-state index in [0.717, 1.165) is 16.8 Å². The summed E-state index contributed by atoms with van der Waals surface area (Å²) in [5, 5.41) is 2.74. The van der Waals surface area contributed by atoms with Gasteiger partial charge >= 0.3 is 0 Å². The second kappa shape index (κ2) is 2.30. The molecule has 0 aliphatic carbocycles. The van der Waals surface area contributed by atoms with Gasteiger partial charge in [-0.25, -0.2) is 4.98 Å². The van der Waals surface area contributed by atoms with E-state index >= 15 is 0 Å². The molecule has 1 aliphatic rings. The van der Waals surface area contributed by atoms with Crippen LogP contribution in [0.1, 0.15) is 27.3 Å². The van der Waals surface area contributed by atoms with Gasteiger partial charge in [-0.1, -0.05) is 6.07 Å². The number of fused-ring (bicyclic) bond motifs is 1. The maximum Gasteiger partial charge on any atom is 0.270 e. The van der Waals surface area contributed by atoms with Crippen LogP contribution in [0.25, 0.3) is 0 Å². The molecule has 62 valence electrons. The molecule has 0 unspecified atom stereocenters. The molecule has 1 aromatic heterocycles. The van der Waals surface area contributed by atoms with Crippen LogP contribution in [0.4, 0.5) is 0 Å². The zero-order chi connectivity index (χ0) is 8.72. The third kappa shape index (κ3) is 0.897. The summed E-state index contributed by atoms with van der Waals surface area (Å²) in [6, 6.07) is 2.02. The van der Waals surface area contributed by atoms with E-state index in [2.05, 4.69) is 10.3 Å². The van der Waals surface area contributed by atoms with Crippen molar-refractivity contribution in [3.05, 3.63) is 28.6 Å². The van der Waals surface area contributed by atoms with Gasteiger partial charge in [0.1, 0.15) is 5.69 Å². The van der Waals surface area contributed by atoms with Crippen LogP contribution in [0.15, 0.2) is 6.07 Å². The number of rotatable bonds is 0. The van der Waals surface area contributed by atoms with Crippen molar-refractivity contribution in [3.63, 3.8) is 0 Å². The Bertz CT molecular complexity index is 358. The minimum Gasteiger partial charge on any atom is -0.347 e. The summed E-state index contributed by atoms with van der Waals surface area (Å²) < 4.78 is 0. The van der Waals surface area contributed by atoms with Crippen LogP contribution in [0.3, 0.4) is 0 Å². The van der Waals surface area contributed by atoms with Crippen molar-refractivity contribution in [2.24, 2.45) is 0 Å². The number of pyridine rings is 1. The van der Waals surface area contributed by atoms with Crippen LogP contribution >= 0.6 is 0 Å². The highest BCUT2D eigenvalue weighted by atomic mass is 16.2. The molecule has 0 atom stereocenters. The number of nitrogens with zero attached hydrogens (tertiary/aromatic N) is 1. The van der Waals surface area contributed by atoms with E-state index in [-0.39, 0.29) is 5.91 Å². The Hall–Kier alpha value is -1.38. The molecular weight excluding hydrogens is 152 g/mol. The number of hydrogen-bond donors (Lipinski definition) is 1. The smallest absolute Gasteiger partial charge is 0.270 e. The van der Waals surface area contributed by atoms with Crippen molar-refractivity contribution >= 4 is 5.91 Å². The van der Waals surface area contributed by atoms with Crippen molar-refractivity contribution in [1.82, 2.24) is 10.3 Å². The third-order valence-electron chi connectivity index (χ3n) is 2.20. The van der Waals surface area contributed by atoms with Crippen molar-refractivity contribution < 1.29 is 4.79 Å². The van der Waals surface area contributed by atoms with Crippen LogP contribution in [-0.4, -0.2) is 10.9 Å². The molecule has 2 heterocycles. The Morgan fingerprint density at radius 3 is 3.00 bits per heavy atom. The Labute approximate surface area is 70.8 Å². The number of carbonyl (C=O) groups excluding carboxylic acids is 1. The second-order valence-electron chi connectivity index (χ2n) is 3.08. The highest BCUT2D eigenvalue weighted by Crippen LogP contribution is 2.16. The summed E-state index contributed by atoms with van der Waals surface area (Å²) in [4.78, 5) is 15.4. The van der Waals surface area contributed by atoms with E-state index in [1.54, 1.807) is 0 Å². The lowest BCUT2D eigenvalue weighted by Gasteiger charge is -2.00. The van der Waals surface area contributed by atoms with Gasteiger partial charge in [-0.3, -0.25) is 4.79 Å². The Morgan fingerprint density at radius 2 is 2.25 bits per heavy atom. The molecule has 2 rings (SSSR count). The van der Waals surface area contributed by atoms with E-state index in [1.807, 2.05) is 19.9 Å². The number of aryl methyl sites for hydroxylation is 2. The van der Waals surface area contributed by atoms with E-state index in [1.165, 1.54) is 0 Å². The molecule has 1 amide bonds. The number of aromatic nitrogens is 1. The Morgan fingerprint density at radius 1 is 1.50 bits per heavy atom. The zero-order valence-corrected chi connectivity index (χ0v) is 7.14. The lowest BCUT2D eigenvalue weighted by atomic mass is 10.1. The third-order valence-corrected chi connectivity index (χ3v) is 2.20.